The lowest BCUT2D eigenvalue weighted by molar-refractivity contribution is 0.0733. The number of Topliss-reactive ketones (excluding diaryl/α,β-unsaturated/α-hetero) is 1. The summed E-state index contributed by atoms with van der Waals surface area (Å²) in [6.45, 7) is 5.69. The molecule has 0 radical (unpaired) electrons. The van der Waals surface area contributed by atoms with Crippen molar-refractivity contribution in [3.8, 4) is 11.5 Å². The fraction of sp³-hybridized carbons (Fsp3) is 0.120. The van der Waals surface area contributed by atoms with Crippen molar-refractivity contribution in [2.24, 2.45) is 0 Å². The standard InChI is InChI=1S/C25H20O4/c1-15-6-4-8-18(12-15)14-22-23(26)20-10-11-21(17(3)24(20)28-22)29-25(27)19-9-5-7-16(2)13-19/h4-14H,1-3H3/b22-14-. The number of rotatable bonds is 3. The Kier molecular flexibility index (Phi) is 4.77. The van der Waals surface area contributed by atoms with Crippen molar-refractivity contribution >= 4 is 17.8 Å². The van der Waals surface area contributed by atoms with Crippen LogP contribution in [0, 0.1) is 20.8 Å². The van der Waals surface area contributed by atoms with E-state index >= 15 is 0 Å². The maximum Gasteiger partial charge on any atom is 0.343 e. The molecule has 0 atom stereocenters. The van der Waals surface area contributed by atoms with Gasteiger partial charge in [0, 0.05) is 5.56 Å². The van der Waals surface area contributed by atoms with Crippen molar-refractivity contribution in [2.75, 3.05) is 0 Å². The van der Waals surface area contributed by atoms with E-state index < -0.39 is 5.97 Å². The van der Waals surface area contributed by atoms with Crippen LogP contribution < -0.4 is 9.47 Å². The zero-order chi connectivity index (χ0) is 20.5. The Labute approximate surface area is 169 Å². The van der Waals surface area contributed by atoms with Crippen LogP contribution in [0.4, 0.5) is 0 Å². The average molecular weight is 384 g/mol. The topological polar surface area (TPSA) is 52.6 Å². The summed E-state index contributed by atoms with van der Waals surface area (Å²) >= 11 is 0. The van der Waals surface area contributed by atoms with Gasteiger partial charge in [-0.25, -0.2) is 4.79 Å². The van der Waals surface area contributed by atoms with Crippen LogP contribution >= 0.6 is 0 Å². The van der Waals surface area contributed by atoms with Gasteiger partial charge in [-0.15, -0.1) is 0 Å². The minimum absolute atomic E-state index is 0.179. The van der Waals surface area contributed by atoms with Gasteiger partial charge in [-0.1, -0.05) is 47.5 Å². The number of ether oxygens (including phenoxy) is 2. The van der Waals surface area contributed by atoms with Gasteiger partial charge in [-0.2, -0.15) is 0 Å². The summed E-state index contributed by atoms with van der Waals surface area (Å²) in [5.41, 5.74) is 4.53. The summed E-state index contributed by atoms with van der Waals surface area (Å²) in [7, 11) is 0. The van der Waals surface area contributed by atoms with Crippen molar-refractivity contribution in [3.05, 3.63) is 99.8 Å². The van der Waals surface area contributed by atoms with Gasteiger partial charge in [-0.3, -0.25) is 4.79 Å². The molecule has 0 spiro atoms. The van der Waals surface area contributed by atoms with Gasteiger partial charge in [0.15, 0.2) is 5.76 Å². The van der Waals surface area contributed by atoms with Crippen LogP contribution in [0.15, 0.2) is 66.4 Å². The number of allylic oxidation sites excluding steroid dienone is 1. The lowest BCUT2D eigenvalue weighted by Gasteiger charge is -2.10. The van der Waals surface area contributed by atoms with E-state index in [4.69, 9.17) is 9.47 Å². The summed E-state index contributed by atoms with van der Waals surface area (Å²) in [5, 5.41) is 0. The first-order chi connectivity index (χ1) is 13.9. The molecule has 0 saturated heterocycles. The third-order valence-electron chi connectivity index (χ3n) is 4.83. The van der Waals surface area contributed by atoms with E-state index in [9.17, 15) is 9.59 Å². The first kappa shape index (κ1) is 18.7. The Morgan fingerprint density at radius 2 is 1.66 bits per heavy atom. The van der Waals surface area contributed by atoms with Crippen LogP contribution in [0.25, 0.3) is 6.08 Å². The molecule has 0 N–H and O–H groups in total. The van der Waals surface area contributed by atoms with E-state index in [-0.39, 0.29) is 11.5 Å². The molecule has 3 aromatic carbocycles. The Morgan fingerprint density at radius 3 is 2.38 bits per heavy atom. The van der Waals surface area contributed by atoms with Crippen molar-refractivity contribution in [2.45, 2.75) is 20.8 Å². The summed E-state index contributed by atoms with van der Waals surface area (Å²) < 4.78 is 11.4. The van der Waals surface area contributed by atoms with Gasteiger partial charge >= 0.3 is 5.97 Å². The largest absolute Gasteiger partial charge is 0.452 e. The number of hydrogen-bond acceptors (Lipinski definition) is 4. The predicted octanol–water partition coefficient (Wildman–Crippen LogP) is 5.45. The molecular weight excluding hydrogens is 364 g/mol. The van der Waals surface area contributed by atoms with Gasteiger partial charge in [0.2, 0.25) is 5.78 Å². The smallest absolute Gasteiger partial charge is 0.343 e. The summed E-state index contributed by atoms with van der Waals surface area (Å²) in [6, 6.07) is 18.3. The highest BCUT2D eigenvalue weighted by atomic mass is 16.5. The maximum absolute atomic E-state index is 12.7. The zero-order valence-corrected chi connectivity index (χ0v) is 16.5. The fourth-order valence-electron chi connectivity index (χ4n) is 3.32. The predicted molar refractivity (Wildman–Crippen MR) is 111 cm³/mol. The van der Waals surface area contributed by atoms with Gasteiger partial charge in [0.1, 0.15) is 11.5 Å². The monoisotopic (exact) mass is 384 g/mol. The van der Waals surface area contributed by atoms with Crippen LogP contribution in [0.1, 0.15) is 43.0 Å². The van der Waals surface area contributed by atoms with E-state index in [0.29, 0.717) is 28.2 Å². The highest BCUT2D eigenvalue weighted by Crippen LogP contribution is 2.39. The SMILES string of the molecule is Cc1cccc(/C=C2\Oc3c(ccc(OC(=O)c4cccc(C)c4)c3C)C2=O)c1. The van der Waals surface area contributed by atoms with Crippen LogP contribution in [-0.4, -0.2) is 11.8 Å². The number of ketones is 1. The van der Waals surface area contributed by atoms with Crippen molar-refractivity contribution < 1.29 is 19.1 Å². The quantitative estimate of drug-likeness (QED) is 0.342. The molecule has 144 valence electrons. The molecule has 0 aliphatic carbocycles. The Hall–Kier alpha value is -3.66. The number of fused-ring (bicyclic) bond motifs is 1. The maximum atomic E-state index is 12.7. The number of hydrogen-bond donors (Lipinski definition) is 0. The van der Waals surface area contributed by atoms with E-state index in [1.54, 1.807) is 37.3 Å². The molecule has 0 aromatic heterocycles. The molecule has 1 aliphatic rings. The molecule has 1 aliphatic heterocycles. The Bertz CT molecular complexity index is 1170. The van der Waals surface area contributed by atoms with E-state index in [1.807, 2.05) is 50.2 Å². The number of carbonyl (C=O) groups excluding carboxylic acids is 2. The number of benzene rings is 3. The summed E-state index contributed by atoms with van der Waals surface area (Å²) in [4.78, 5) is 25.2. The normalized spacial score (nSPS) is 13.9. The number of esters is 1. The van der Waals surface area contributed by atoms with Gasteiger partial charge in [0.25, 0.3) is 0 Å². The fourth-order valence-corrected chi connectivity index (χ4v) is 3.32. The van der Waals surface area contributed by atoms with E-state index in [2.05, 4.69) is 0 Å². The Balaban J connectivity index is 1.62. The molecule has 29 heavy (non-hydrogen) atoms. The van der Waals surface area contributed by atoms with Crippen LogP contribution in [0.5, 0.6) is 11.5 Å². The highest BCUT2D eigenvalue weighted by Gasteiger charge is 2.30. The molecule has 0 fully saturated rings. The molecule has 0 amide bonds. The minimum atomic E-state index is -0.448. The molecule has 4 nitrogen and oxygen atoms in total. The number of carbonyl (C=O) groups is 2. The van der Waals surface area contributed by atoms with Gasteiger partial charge in [0.05, 0.1) is 11.1 Å². The lowest BCUT2D eigenvalue weighted by Crippen LogP contribution is -2.09. The molecule has 3 aromatic rings. The van der Waals surface area contributed by atoms with Crippen LogP contribution in [0.2, 0.25) is 0 Å². The second-order valence-corrected chi connectivity index (χ2v) is 7.18. The zero-order valence-electron chi connectivity index (χ0n) is 16.5. The number of aryl methyl sites for hydroxylation is 2. The summed E-state index contributed by atoms with van der Waals surface area (Å²) in [5.74, 6) is 0.442. The molecule has 1 heterocycles. The second kappa shape index (κ2) is 7.40. The highest BCUT2D eigenvalue weighted by molar-refractivity contribution is 6.15. The lowest BCUT2D eigenvalue weighted by atomic mass is 10.1. The van der Waals surface area contributed by atoms with Crippen molar-refractivity contribution in [1.82, 2.24) is 0 Å². The van der Waals surface area contributed by atoms with Crippen LogP contribution in [-0.2, 0) is 0 Å². The van der Waals surface area contributed by atoms with Crippen molar-refractivity contribution in [1.29, 1.82) is 0 Å². The first-order valence-electron chi connectivity index (χ1n) is 9.36. The van der Waals surface area contributed by atoms with Gasteiger partial charge < -0.3 is 9.47 Å². The molecule has 0 bridgehead atoms. The Morgan fingerprint density at radius 1 is 0.931 bits per heavy atom. The first-order valence-corrected chi connectivity index (χ1v) is 9.36. The molecular formula is C25H20O4. The minimum Gasteiger partial charge on any atom is -0.452 e. The van der Waals surface area contributed by atoms with Crippen molar-refractivity contribution in [3.63, 3.8) is 0 Å². The van der Waals surface area contributed by atoms with Gasteiger partial charge in [-0.05, 0) is 56.7 Å². The summed E-state index contributed by atoms with van der Waals surface area (Å²) in [6.07, 6.45) is 1.73. The van der Waals surface area contributed by atoms with E-state index in [0.717, 1.165) is 16.7 Å². The molecule has 4 rings (SSSR count). The third kappa shape index (κ3) is 3.69. The van der Waals surface area contributed by atoms with Crippen LogP contribution in [0.3, 0.4) is 0 Å². The third-order valence-corrected chi connectivity index (χ3v) is 4.83. The molecule has 0 saturated carbocycles. The molecule has 0 unspecified atom stereocenters. The van der Waals surface area contributed by atoms with E-state index in [1.165, 1.54) is 0 Å². The second-order valence-electron chi connectivity index (χ2n) is 7.18. The molecule has 4 heteroatoms. The average Bonchev–Trinajstić information content (AvgIpc) is 3.00.